The summed E-state index contributed by atoms with van der Waals surface area (Å²) in [4.78, 5) is 2.20. The molecule has 0 aliphatic carbocycles. The molecule has 0 spiro atoms. The van der Waals surface area contributed by atoms with Gasteiger partial charge in [0.05, 0.1) is 10.8 Å². The molecule has 0 atom stereocenters. The lowest BCUT2D eigenvalue weighted by molar-refractivity contribution is 0.245. The van der Waals surface area contributed by atoms with Crippen molar-refractivity contribution < 1.29 is 12.8 Å². The minimum Gasteiger partial charge on any atom is -0.314 e. The fourth-order valence-electron chi connectivity index (χ4n) is 2.19. The molecule has 1 fully saturated rings. The van der Waals surface area contributed by atoms with Gasteiger partial charge in [-0.1, -0.05) is 17.7 Å². The molecule has 1 saturated heterocycles. The van der Waals surface area contributed by atoms with Gasteiger partial charge in [-0.2, -0.15) is 0 Å². The van der Waals surface area contributed by atoms with Crippen molar-refractivity contribution in [2.75, 3.05) is 39.3 Å². The molecule has 0 saturated carbocycles. The molecule has 2 rings (SSSR count). The largest absolute Gasteiger partial charge is 0.314 e. The Balaban J connectivity index is 0.00000242. The zero-order valence-corrected chi connectivity index (χ0v) is 15.6. The van der Waals surface area contributed by atoms with E-state index in [1.54, 1.807) is 0 Å². The van der Waals surface area contributed by atoms with Crippen LogP contribution in [0.1, 0.15) is 5.56 Å². The minimum absolute atomic E-state index is 0. The molecule has 0 unspecified atom stereocenters. The third-order valence-corrected chi connectivity index (χ3v) is 4.95. The lowest BCUT2D eigenvalue weighted by Crippen LogP contribution is -2.46. The van der Waals surface area contributed by atoms with E-state index in [1.807, 2.05) is 0 Å². The van der Waals surface area contributed by atoms with Crippen LogP contribution in [0.4, 0.5) is 4.39 Å². The fraction of sp³-hybridized carbons (Fsp3) is 0.538. The molecule has 23 heavy (non-hydrogen) atoms. The summed E-state index contributed by atoms with van der Waals surface area (Å²) in [5.41, 5.74) is 0.469. The van der Waals surface area contributed by atoms with Gasteiger partial charge in [-0.3, -0.25) is 4.90 Å². The smallest absolute Gasteiger partial charge is 0.215 e. The molecular formula is C13H21Cl3FN3O2S. The second kappa shape index (κ2) is 10.7. The average Bonchev–Trinajstić information content (AvgIpc) is 2.43. The van der Waals surface area contributed by atoms with Crippen LogP contribution in [-0.2, 0) is 15.8 Å². The van der Waals surface area contributed by atoms with Gasteiger partial charge in [0.25, 0.3) is 0 Å². The van der Waals surface area contributed by atoms with E-state index in [0.29, 0.717) is 18.7 Å². The molecule has 1 aliphatic rings. The van der Waals surface area contributed by atoms with Crippen LogP contribution in [0.5, 0.6) is 0 Å². The van der Waals surface area contributed by atoms with Gasteiger partial charge in [-0.15, -0.1) is 24.8 Å². The lowest BCUT2D eigenvalue weighted by Gasteiger charge is -2.27. The van der Waals surface area contributed by atoms with Gasteiger partial charge in [-0.25, -0.2) is 17.5 Å². The van der Waals surface area contributed by atoms with Crippen LogP contribution >= 0.6 is 36.4 Å². The molecule has 1 aromatic rings. The highest BCUT2D eigenvalue weighted by Gasteiger charge is 2.14. The topological polar surface area (TPSA) is 61.4 Å². The Morgan fingerprint density at radius 2 is 1.91 bits per heavy atom. The van der Waals surface area contributed by atoms with Crippen molar-refractivity contribution in [1.29, 1.82) is 0 Å². The first-order valence-corrected chi connectivity index (χ1v) is 8.84. The summed E-state index contributed by atoms with van der Waals surface area (Å²) < 4.78 is 39.5. The Morgan fingerprint density at radius 1 is 1.26 bits per heavy atom. The van der Waals surface area contributed by atoms with E-state index in [2.05, 4.69) is 14.9 Å². The summed E-state index contributed by atoms with van der Waals surface area (Å²) >= 11 is 5.65. The van der Waals surface area contributed by atoms with Gasteiger partial charge >= 0.3 is 0 Å². The van der Waals surface area contributed by atoms with Gasteiger partial charge in [-0.05, 0) is 17.7 Å². The Labute approximate surface area is 153 Å². The maximum Gasteiger partial charge on any atom is 0.215 e. The number of hydrogen-bond donors (Lipinski definition) is 2. The normalized spacial score (nSPS) is 15.6. The first-order valence-electron chi connectivity index (χ1n) is 6.81. The highest BCUT2D eigenvalue weighted by molar-refractivity contribution is 7.88. The molecule has 0 aromatic heterocycles. The van der Waals surface area contributed by atoms with Crippen LogP contribution in [0.15, 0.2) is 18.2 Å². The average molecular weight is 409 g/mol. The summed E-state index contributed by atoms with van der Waals surface area (Å²) in [7, 11) is -3.44. The summed E-state index contributed by atoms with van der Waals surface area (Å²) in [6.45, 7) is 4.77. The zero-order valence-electron chi connectivity index (χ0n) is 12.4. The molecule has 10 heteroatoms. The van der Waals surface area contributed by atoms with Crippen molar-refractivity contribution in [2.24, 2.45) is 0 Å². The number of piperazine rings is 1. The maximum atomic E-state index is 13.0. The van der Waals surface area contributed by atoms with E-state index in [1.165, 1.54) is 18.2 Å². The molecular weight excluding hydrogens is 388 g/mol. The molecule has 134 valence electrons. The number of nitrogens with one attached hydrogen (secondary N) is 2. The molecule has 1 heterocycles. The van der Waals surface area contributed by atoms with Gasteiger partial charge in [0.15, 0.2) is 0 Å². The molecule has 0 bridgehead atoms. The first-order chi connectivity index (χ1) is 9.96. The molecule has 1 aliphatic heterocycles. The number of sulfonamides is 1. The third kappa shape index (κ3) is 7.98. The summed E-state index contributed by atoms with van der Waals surface area (Å²) in [5, 5.41) is 3.17. The van der Waals surface area contributed by atoms with E-state index in [4.69, 9.17) is 11.6 Å². The highest BCUT2D eigenvalue weighted by atomic mass is 35.5. The van der Waals surface area contributed by atoms with E-state index >= 15 is 0 Å². The van der Waals surface area contributed by atoms with Crippen LogP contribution in [0, 0.1) is 5.82 Å². The van der Waals surface area contributed by atoms with E-state index in [0.717, 1.165) is 26.2 Å². The van der Waals surface area contributed by atoms with Gasteiger partial charge in [0, 0.05) is 39.3 Å². The lowest BCUT2D eigenvalue weighted by atomic mass is 10.2. The predicted octanol–water partition coefficient (Wildman–Crippen LogP) is 1.65. The van der Waals surface area contributed by atoms with E-state index in [9.17, 15) is 12.8 Å². The summed E-state index contributed by atoms with van der Waals surface area (Å²) in [6.07, 6.45) is 0. The minimum atomic E-state index is -3.44. The van der Waals surface area contributed by atoms with Crippen molar-refractivity contribution in [1.82, 2.24) is 14.9 Å². The number of nitrogens with zero attached hydrogens (tertiary/aromatic N) is 1. The number of benzene rings is 1. The Morgan fingerprint density at radius 3 is 2.52 bits per heavy atom. The van der Waals surface area contributed by atoms with Gasteiger partial charge in [0.2, 0.25) is 10.0 Å². The monoisotopic (exact) mass is 407 g/mol. The van der Waals surface area contributed by atoms with Crippen molar-refractivity contribution >= 4 is 46.4 Å². The zero-order chi connectivity index (χ0) is 15.3. The van der Waals surface area contributed by atoms with Crippen LogP contribution in [0.3, 0.4) is 0 Å². The Bertz CT molecular complexity index is 584. The summed E-state index contributed by atoms with van der Waals surface area (Å²) in [6, 6.07) is 3.94. The Kier molecular flexibility index (Phi) is 10.6. The molecule has 2 N–H and O–H groups in total. The first kappa shape index (κ1) is 22.9. The van der Waals surface area contributed by atoms with Crippen LogP contribution in [0.25, 0.3) is 0 Å². The number of halogens is 4. The SMILES string of the molecule is Cl.Cl.O=S(=O)(Cc1ccc(F)c(Cl)c1)NCCN1CCNCC1. The van der Waals surface area contributed by atoms with Crippen LogP contribution in [-0.4, -0.2) is 52.6 Å². The second-order valence-corrected chi connectivity index (χ2v) is 7.21. The predicted molar refractivity (Wildman–Crippen MR) is 95.8 cm³/mol. The van der Waals surface area contributed by atoms with Crippen molar-refractivity contribution in [3.05, 3.63) is 34.6 Å². The van der Waals surface area contributed by atoms with E-state index in [-0.39, 0.29) is 35.6 Å². The number of hydrogen-bond acceptors (Lipinski definition) is 4. The van der Waals surface area contributed by atoms with Crippen molar-refractivity contribution in [3.8, 4) is 0 Å². The second-order valence-electron chi connectivity index (χ2n) is 4.99. The van der Waals surface area contributed by atoms with Crippen LogP contribution < -0.4 is 10.0 Å². The Hall–Kier alpha value is -0.150. The maximum absolute atomic E-state index is 13.0. The van der Waals surface area contributed by atoms with Crippen molar-refractivity contribution in [3.63, 3.8) is 0 Å². The standard InChI is InChI=1S/C13H19ClFN3O2S.2ClH/c14-12-9-11(1-2-13(12)15)10-21(19,20)17-5-8-18-6-3-16-4-7-18;;/h1-2,9,16-17H,3-8,10H2;2*1H. The fourth-order valence-corrected chi connectivity index (χ4v) is 3.52. The molecule has 5 nitrogen and oxygen atoms in total. The third-order valence-electron chi connectivity index (χ3n) is 3.30. The van der Waals surface area contributed by atoms with Crippen molar-refractivity contribution in [2.45, 2.75) is 5.75 Å². The summed E-state index contributed by atoms with van der Waals surface area (Å²) in [5.74, 6) is -0.751. The number of rotatable bonds is 6. The molecule has 1 aromatic carbocycles. The molecule has 0 radical (unpaired) electrons. The van der Waals surface area contributed by atoms with E-state index < -0.39 is 15.8 Å². The molecule has 0 amide bonds. The quantitative estimate of drug-likeness (QED) is 0.751. The van der Waals surface area contributed by atoms with Crippen LogP contribution in [0.2, 0.25) is 5.02 Å². The van der Waals surface area contributed by atoms with Gasteiger partial charge < -0.3 is 5.32 Å². The highest BCUT2D eigenvalue weighted by Crippen LogP contribution is 2.17. The van der Waals surface area contributed by atoms with Gasteiger partial charge in [0.1, 0.15) is 5.82 Å².